The molecule has 3 heteroatoms. The van der Waals surface area contributed by atoms with Gasteiger partial charge in [0.1, 0.15) is 0 Å². The van der Waals surface area contributed by atoms with Gasteiger partial charge in [-0.15, -0.1) is 0 Å². The highest BCUT2D eigenvalue weighted by molar-refractivity contribution is 7.99. The highest BCUT2D eigenvalue weighted by Crippen LogP contribution is 2.13. The molecule has 0 radical (unpaired) electrons. The van der Waals surface area contributed by atoms with E-state index in [0.717, 1.165) is 10.9 Å². The van der Waals surface area contributed by atoms with Gasteiger partial charge in [0.2, 0.25) is 0 Å². The van der Waals surface area contributed by atoms with Crippen LogP contribution in [0.4, 0.5) is 0 Å². The Kier molecular flexibility index (Phi) is 5.57. The Bertz CT molecular complexity index is 213. The van der Waals surface area contributed by atoms with Crippen molar-refractivity contribution >= 4 is 11.8 Å². The summed E-state index contributed by atoms with van der Waals surface area (Å²) in [4.78, 5) is 8.30. The topological polar surface area (TPSA) is 25.8 Å². The van der Waals surface area contributed by atoms with Gasteiger partial charge in [-0.25, -0.2) is 9.97 Å². The van der Waals surface area contributed by atoms with Crippen LogP contribution in [0.1, 0.15) is 32.6 Å². The van der Waals surface area contributed by atoms with Gasteiger partial charge < -0.3 is 0 Å². The van der Waals surface area contributed by atoms with Gasteiger partial charge in [0.25, 0.3) is 0 Å². The quantitative estimate of drug-likeness (QED) is 0.397. The van der Waals surface area contributed by atoms with Crippen molar-refractivity contribution in [3.05, 3.63) is 18.5 Å². The van der Waals surface area contributed by atoms with E-state index in [2.05, 4.69) is 16.9 Å². The first-order valence-corrected chi connectivity index (χ1v) is 5.82. The number of nitrogens with zero attached hydrogens (tertiary/aromatic N) is 2. The van der Waals surface area contributed by atoms with Crippen LogP contribution in [0.3, 0.4) is 0 Å². The van der Waals surface area contributed by atoms with Crippen LogP contribution in [0.2, 0.25) is 0 Å². The van der Waals surface area contributed by atoms with Gasteiger partial charge in [0.05, 0.1) is 0 Å². The van der Waals surface area contributed by atoms with Crippen molar-refractivity contribution in [2.45, 2.75) is 37.8 Å². The summed E-state index contributed by atoms with van der Waals surface area (Å²) >= 11 is 1.75. The zero-order valence-electron chi connectivity index (χ0n) is 8.07. The molecule has 72 valence electrons. The fourth-order valence-electron chi connectivity index (χ4n) is 1.05. The van der Waals surface area contributed by atoms with E-state index >= 15 is 0 Å². The molecule has 0 fully saturated rings. The maximum Gasteiger partial charge on any atom is 0.187 e. The number of aromatic nitrogens is 2. The molecule has 2 nitrogen and oxygen atoms in total. The second-order valence-corrected chi connectivity index (χ2v) is 4.00. The smallest absolute Gasteiger partial charge is 0.187 e. The lowest BCUT2D eigenvalue weighted by Crippen LogP contribution is -1.86. The molecule has 0 saturated heterocycles. The van der Waals surface area contributed by atoms with Crippen molar-refractivity contribution in [1.29, 1.82) is 0 Å². The van der Waals surface area contributed by atoms with E-state index in [4.69, 9.17) is 0 Å². The zero-order valence-corrected chi connectivity index (χ0v) is 8.89. The van der Waals surface area contributed by atoms with Gasteiger partial charge in [-0.05, 0) is 12.5 Å². The predicted octanol–water partition coefficient (Wildman–Crippen LogP) is 3.15. The normalized spacial score (nSPS) is 10.2. The molecule has 0 aliphatic rings. The Balaban J connectivity index is 2.07. The van der Waals surface area contributed by atoms with E-state index in [1.54, 1.807) is 24.2 Å². The first-order valence-electron chi connectivity index (χ1n) is 4.83. The number of hydrogen-bond donors (Lipinski definition) is 0. The third-order valence-electron chi connectivity index (χ3n) is 1.77. The average Bonchev–Trinajstić information content (AvgIpc) is 2.19. The molecule has 0 amide bonds. The molecule has 13 heavy (non-hydrogen) atoms. The van der Waals surface area contributed by atoms with Gasteiger partial charge in [-0.3, -0.25) is 0 Å². The second kappa shape index (κ2) is 6.89. The summed E-state index contributed by atoms with van der Waals surface area (Å²) in [5.74, 6) is 1.14. The van der Waals surface area contributed by atoms with Gasteiger partial charge in [-0.2, -0.15) is 0 Å². The summed E-state index contributed by atoms with van der Waals surface area (Å²) in [6.45, 7) is 2.23. The van der Waals surface area contributed by atoms with Gasteiger partial charge in [0, 0.05) is 18.1 Å². The van der Waals surface area contributed by atoms with Crippen LogP contribution in [0.25, 0.3) is 0 Å². The molecule has 0 saturated carbocycles. The van der Waals surface area contributed by atoms with Gasteiger partial charge in [-0.1, -0.05) is 37.9 Å². The average molecular weight is 196 g/mol. The molecular weight excluding hydrogens is 180 g/mol. The van der Waals surface area contributed by atoms with E-state index in [0.29, 0.717) is 0 Å². The minimum atomic E-state index is 0.902. The molecular formula is C10H16N2S. The molecule has 1 aromatic rings. The first kappa shape index (κ1) is 10.5. The van der Waals surface area contributed by atoms with Crippen molar-refractivity contribution in [2.24, 2.45) is 0 Å². The van der Waals surface area contributed by atoms with Crippen molar-refractivity contribution in [3.8, 4) is 0 Å². The molecule has 0 unspecified atom stereocenters. The summed E-state index contributed by atoms with van der Waals surface area (Å²) in [5, 5.41) is 0.902. The van der Waals surface area contributed by atoms with Gasteiger partial charge in [0.15, 0.2) is 5.16 Å². The van der Waals surface area contributed by atoms with E-state index in [1.165, 1.54) is 25.7 Å². The van der Waals surface area contributed by atoms with E-state index < -0.39 is 0 Å². The Morgan fingerprint density at radius 3 is 2.62 bits per heavy atom. The monoisotopic (exact) mass is 196 g/mol. The van der Waals surface area contributed by atoms with Crippen molar-refractivity contribution in [1.82, 2.24) is 9.97 Å². The zero-order chi connectivity index (χ0) is 9.36. The Hall–Kier alpha value is -0.570. The molecule has 0 bridgehead atoms. The van der Waals surface area contributed by atoms with Crippen LogP contribution in [-0.4, -0.2) is 15.7 Å². The van der Waals surface area contributed by atoms with Crippen LogP contribution in [0, 0.1) is 0 Å². The maximum atomic E-state index is 4.15. The largest absolute Gasteiger partial charge is 0.231 e. The Morgan fingerprint density at radius 2 is 1.92 bits per heavy atom. The third kappa shape index (κ3) is 4.88. The molecule has 0 aromatic carbocycles. The molecule has 1 heterocycles. The molecule has 1 rings (SSSR count). The minimum absolute atomic E-state index is 0.902. The Morgan fingerprint density at radius 1 is 1.15 bits per heavy atom. The summed E-state index contributed by atoms with van der Waals surface area (Å²) in [5.41, 5.74) is 0. The summed E-state index contributed by atoms with van der Waals surface area (Å²) in [6, 6.07) is 1.85. The molecule has 0 aliphatic carbocycles. The van der Waals surface area contributed by atoms with Crippen LogP contribution < -0.4 is 0 Å². The Labute approximate surface area is 84.2 Å². The van der Waals surface area contributed by atoms with E-state index in [-0.39, 0.29) is 0 Å². The van der Waals surface area contributed by atoms with Crippen LogP contribution >= 0.6 is 11.8 Å². The molecule has 0 atom stereocenters. The summed E-state index contributed by atoms with van der Waals surface area (Å²) in [7, 11) is 0. The highest BCUT2D eigenvalue weighted by atomic mass is 32.2. The predicted molar refractivity (Wildman–Crippen MR) is 56.9 cm³/mol. The van der Waals surface area contributed by atoms with E-state index in [1.807, 2.05) is 6.07 Å². The lowest BCUT2D eigenvalue weighted by molar-refractivity contribution is 0.706. The third-order valence-corrected chi connectivity index (χ3v) is 2.73. The van der Waals surface area contributed by atoms with Crippen molar-refractivity contribution in [3.63, 3.8) is 0 Å². The first-order chi connectivity index (χ1) is 6.43. The van der Waals surface area contributed by atoms with Crippen LogP contribution in [-0.2, 0) is 0 Å². The number of rotatable bonds is 6. The molecule has 0 N–H and O–H groups in total. The van der Waals surface area contributed by atoms with Crippen LogP contribution in [0.15, 0.2) is 23.6 Å². The molecule has 0 spiro atoms. The lowest BCUT2D eigenvalue weighted by Gasteiger charge is -1.98. The van der Waals surface area contributed by atoms with E-state index in [9.17, 15) is 0 Å². The molecule has 0 aliphatic heterocycles. The number of hydrogen-bond acceptors (Lipinski definition) is 3. The molecule has 1 aromatic heterocycles. The summed E-state index contributed by atoms with van der Waals surface area (Å²) < 4.78 is 0. The fraction of sp³-hybridized carbons (Fsp3) is 0.600. The van der Waals surface area contributed by atoms with Gasteiger partial charge >= 0.3 is 0 Å². The number of thioether (sulfide) groups is 1. The SMILES string of the molecule is CCCCCCSc1ncccn1. The summed E-state index contributed by atoms with van der Waals surface area (Å²) in [6.07, 6.45) is 8.83. The fourth-order valence-corrected chi connectivity index (χ4v) is 1.85. The standard InChI is InChI=1S/C10H16N2S/c1-2-3-4-5-9-13-10-11-7-6-8-12-10/h6-8H,2-5,9H2,1H3. The minimum Gasteiger partial charge on any atom is -0.231 e. The highest BCUT2D eigenvalue weighted by Gasteiger charge is 1.94. The van der Waals surface area contributed by atoms with Crippen molar-refractivity contribution < 1.29 is 0 Å². The maximum absolute atomic E-state index is 4.15. The number of unbranched alkanes of at least 4 members (excludes halogenated alkanes) is 3. The second-order valence-electron chi connectivity index (χ2n) is 2.94. The van der Waals surface area contributed by atoms with Crippen LogP contribution in [0.5, 0.6) is 0 Å². The lowest BCUT2D eigenvalue weighted by atomic mass is 10.2. The van der Waals surface area contributed by atoms with Crippen molar-refractivity contribution in [2.75, 3.05) is 5.75 Å².